The maximum atomic E-state index is 12.9. The van der Waals surface area contributed by atoms with Crippen LogP contribution in [0.1, 0.15) is 440 Å². The number of aryl methyl sites for hydroxylation is 1. The minimum Gasteiger partial charge on any atom is -0.462 e. The summed E-state index contributed by atoms with van der Waals surface area (Å²) in [7, 11) is 15.5. The highest BCUT2D eigenvalue weighted by Gasteiger charge is 2.53. The summed E-state index contributed by atoms with van der Waals surface area (Å²) in [4.78, 5) is 105. The molecule has 24 nitrogen and oxygen atoms in total. The van der Waals surface area contributed by atoms with E-state index in [2.05, 4.69) is 306 Å². The smallest absolute Gasteiger partial charge is 0.333 e. The number of ether oxygens (including phenoxy) is 5. The zero-order chi connectivity index (χ0) is 101. The molecule has 0 aromatic carbocycles. The van der Waals surface area contributed by atoms with Crippen molar-refractivity contribution in [2.24, 2.45) is 5.92 Å². The number of nitrogens with zero attached hydrogens (tertiary/aromatic N) is 13. The number of aromatic nitrogens is 3. The van der Waals surface area contributed by atoms with Crippen molar-refractivity contribution in [3.8, 4) is 0 Å². The molecule has 0 unspecified atom stereocenters. The standard InChI is InChI=1S/C37H70N2O5.C35H66N8O.C23H42N2O3.C14H25NO2.2CH4/c1-11-12-13-14-19-22-25-42-39-36(6,7)28-31(29-37(39,8)9)44-33(41)24-21-18-16-15-17-20-23-32(40)43-30-26-34(2,3)38(10)35(4,5)27-30;1-27-36-30(42-19-21-44-22-20-42)38-31(37-27)43(29-25-34(6,7)41(12)35(8,9)26-29)18-16-14-13-15-17-39(10)28-23-32(2,3)40(11)33(4,5)24-28;1-20(2)12-16(13-21(3,4)24(20)9)18(26)11-19(27)28-17-14-22(5,6)25(10)23(7,8)15-17;1-10(2)12(16)17-11-8-13(3,4)15(7)14(5,6)9-11;;/h30-31H,11-29H2,1-10H3;28-29H,13-26H2,1-12H3;16-17H,11-15H2,1-10H3;11H,1,8-9H2,2-7H3;2*1H4. The Hall–Kier alpha value is -4.50. The van der Waals surface area contributed by atoms with Crippen molar-refractivity contribution >= 4 is 41.6 Å². The second kappa shape index (κ2) is 50.1. The highest BCUT2D eigenvalue weighted by atomic mass is 16.7. The number of likely N-dealkylation sites (tertiary alicyclic amines) is 6. The summed E-state index contributed by atoms with van der Waals surface area (Å²) >= 11 is 0. The first-order valence-electron chi connectivity index (χ1n) is 52.3. The van der Waals surface area contributed by atoms with Gasteiger partial charge in [0.15, 0.2) is 0 Å². The van der Waals surface area contributed by atoms with Crippen LogP contribution < -0.4 is 9.80 Å². The number of morpholine rings is 1. The van der Waals surface area contributed by atoms with Crippen LogP contribution in [0.5, 0.6) is 0 Å². The SMILES string of the molecule is C.C.C=C(C)C(=O)OC1CC(C)(C)N(C)C(C)(C)C1.CCCCCCCCON1C(C)(C)CC(OC(=O)CCCCCCCCC(=O)OC2CC(C)(C)N(C)C(C)(C)C2)CC1(C)C.CN1C(C)(C)CC(OC(=O)CC(=O)C2CC(C)(C)N(C)C(C)(C)C2)CC1(C)C.Cc1nc(N2CCOCC2)nc(N(CCCCCCN(C)C2CC(C)(C)N(C)C(C)(C)C2)C2CC(C)(C)N(C)C(C)(C)C2)n1. The Bertz CT molecular complexity index is 3710. The van der Waals surface area contributed by atoms with E-state index in [1.165, 1.54) is 70.8 Å². The lowest BCUT2D eigenvalue weighted by Crippen LogP contribution is -2.63. The molecule has 786 valence electrons. The van der Waals surface area contributed by atoms with E-state index in [-0.39, 0.29) is 159 Å². The van der Waals surface area contributed by atoms with Crippen molar-refractivity contribution in [2.75, 3.05) is 105 Å². The summed E-state index contributed by atoms with van der Waals surface area (Å²) in [6.07, 6.45) is 31.9. The van der Waals surface area contributed by atoms with Gasteiger partial charge in [0, 0.05) is 185 Å². The van der Waals surface area contributed by atoms with Gasteiger partial charge in [0.1, 0.15) is 42.4 Å². The number of hydroxylamine groups is 2. The summed E-state index contributed by atoms with van der Waals surface area (Å²) in [6.45, 7) is 78.7. The van der Waals surface area contributed by atoms with Gasteiger partial charge in [-0.25, -0.2) is 4.79 Å². The monoisotopic (exact) mass is 1900 g/mol. The van der Waals surface area contributed by atoms with Gasteiger partial charge in [0.25, 0.3) is 0 Å². The van der Waals surface area contributed by atoms with Gasteiger partial charge in [-0.3, -0.25) is 53.4 Å². The van der Waals surface area contributed by atoms with Crippen LogP contribution in [0.15, 0.2) is 12.2 Å². The van der Waals surface area contributed by atoms with Crippen LogP contribution in [-0.2, 0) is 52.5 Å². The van der Waals surface area contributed by atoms with Gasteiger partial charge in [0.05, 0.1) is 19.8 Å². The van der Waals surface area contributed by atoms with Crippen molar-refractivity contribution in [2.45, 2.75) is 555 Å². The Balaban J connectivity index is 0.000000394. The largest absolute Gasteiger partial charge is 0.462 e. The fourth-order valence-corrected chi connectivity index (χ4v) is 24.1. The van der Waals surface area contributed by atoms with Crippen molar-refractivity contribution in [3.05, 3.63) is 18.0 Å². The average Bonchev–Trinajstić information content (AvgIpc) is 0.771. The first kappa shape index (κ1) is 123. The Morgan fingerprint density at radius 3 is 1.07 bits per heavy atom. The Labute approximate surface area is 828 Å². The topological polar surface area (TPSA) is 212 Å². The number of anilines is 2. The van der Waals surface area contributed by atoms with Crippen molar-refractivity contribution < 1.29 is 52.5 Å². The molecule has 0 atom stereocenters. The number of hydrogen-bond acceptors (Lipinski definition) is 24. The summed E-state index contributed by atoms with van der Waals surface area (Å²) in [5.41, 5.74) is 0.665. The van der Waals surface area contributed by atoms with Crippen molar-refractivity contribution in [1.82, 2.24) is 54.3 Å². The normalized spacial score (nSPS) is 24.1. The number of rotatable bonds is 36. The number of carbonyl (C=O) groups excluding carboxylic acids is 5. The molecule has 0 spiro atoms. The molecule has 9 rings (SSSR count). The lowest BCUT2D eigenvalue weighted by atomic mass is 9.72. The van der Waals surface area contributed by atoms with E-state index in [9.17, 15) is 24.0 Å². The molecule has 0 bridgehead atoms. The molecule has 8 fully saturated rings. The average molecular weight is 1900 g/mol. The minimum atomic E-state index is -0.360. The van der Waals surface area contributed by atoms with Crippen molar-refractivity contribution in [1.29, 1.82) is 0 Å². The third-order valence-corrected chi connectivity index (χ3v) is 33.3. The van der Waals surface area contributed by atoms with Crippen LogP contribution in [0.4, 0.5) is 11.9 Å². The van der Waals surface area contributed by atoms with Crippen LogP contribution in [0, 0.1) is 12.8 Å². The predicted molar refractivity (Wildman–Crippen MR) is 561 cm³/mol. The van der Waals surface area contributed by atoms with E-state index in [0.717, 1.165) is 186 Å². The third kappa shape index (κ3) is 35.8. The van der Waals surface area contributed by atoms with Gasteiger partial charge in [0.2, 0.25) is 11.9 Å². The number of Topliss-reactive ketones (excluding diaryl/α,β-unsaturated/α-hetero) is 1. The van der Waals surface area contributed by atoms with Gasteiger partial charge in [-0.1, -0.05) is 99.0 Å². The first-order chi connectivity index (χ1) is 61.0. The van der Waals surface area contributed by atoms with Crippen LogP contribution in [0.3, 0.4) is 0 Å². The summed E-state index contributed by atoms with van der Waals surface area (Å²) in [6, 6.07) is 1.04. The zero-order valence-electron chi connectivity index (χ0n) is 92.8. The second-order valence-electron chi connectivity index (χ2n) is 51.1. The maximum absolute atomic E-state index is 12.9. The molecule has 8 saturated heterocycles. The Kier molecular flexibility index (Phi) is 45.6. The molecule has 9 heterocycles. The number of ketones is 1. The number of esters is 4. The fraction of sp³-hybridized carbons (Fsp3) is 0.910. The fourth-order valence-electron chi connectivity index (χ4n) is 24.1. The van der Waals surface area contributed by atoms with Crippen LogP contribution in [-0.4, -0.2) is 293 Å². The highest BCUT2D eigenvalue weighted by molar-refractivity contribution is 5.97. The lowest BCUT2D eigenvalue weighted by Gasteiger charge is -2.55. The van der Waals surface area contributed by atoms with E-state index in [1.807, 2.05) is 6.92 Å². The zero-order valence-corrected chi connectivity index (χ0v) is 92.8. The maximum Gasteiger partial charge on any atom is 0.333 e. The Morgan fingerprint density at radius 2 is 0.696 bits per heavy atom. The predicted octanol–water partition coefficient (Wildman–Crippen LogP) is 22.8. The van der Waals surface area contributed by atoms with Crippen LogP contribution in [0.25, 0.3) is 0 Å². The molecule has 24 heteroatoms. The molecule has 0 amide bonds. The van der Waals surface area contributed by atoms with E-state index in [4.69, 9.17) is 43.5 Å². The molecule has 1 aromatic rings. The first-order valence-corrected chi connectivity index (χ1v) is 52.3. The summed E-state index contributed by atoms with van der Waals surface area (Å²) in [5, 5.41) is 2.17. The summed E-state index contributed by atoms with van der Waals surface area (Å²) in [5.74, 6) is 1.64. The minimum absolute atomic E-state index is 0. The van der Waals surface area contributed by atoms with E-state index >= 15 is 0 Å². The molecule has 0 radical (unpaired) electrons. The molecule has 0 saturated carbocycles. The molecule has 8 aliphatic heterocycles. The molecule has 8 aliphatic rings. The van der Waals surface area contributed by atoms with Crippen LogP contribution >= 0.6 is 0 Å². The van der Waals surface area contributed by atoms with Gasteiger partial charge in [-0.15, -0.1) is 0 Å². The molecule has 0 aliphatic carbocycles. The third-order valence-electron chi connectivity index (χ3n) is 33.3. The molecular weight excluding hydrogens is 1690 g/mol. The molecular formula is C111H211N13O11. The second-order valence-corrected chi connectivity index (χ2v) is 51.1. The Morgan fingerprint density at radius 1 is 0.385 bits per heavy atom. The quantitative estimate of drug-likeness (QED) is 0.0201. The van der Waals surface area contributed by atoms with Gasteiger partial charge in [-0.2, -0.15) is 20.0 Å². The van der Waals surface area contributed by atoms with Gasteiger partial charge >= 0.3 is 23.9 Å². The van der Waals surface area contributed by atoms with Gasteiger partial charge in [-0.05, 0) is 334 Å². The van der Waals surface area contributed by atoms with Crippen LogP contribution in [0.2, 0.25) is 0 Å². The highest BCUT2D eigenvalue weighted by Crippen LogP contribution is 2.47. The summed E-state index contributed by atoms with van der Waals surface area (Å²) < 4.78 is 28.8. The van der Waals surface area contributed by atoms with E-state index in [0.29, 0.717) is 30.5 Å². The molecule has 135 heavy (non-hydrogen) atoms. The molecule has 1 aromatic heterocycles. The number of hydrogen-bond donors (Lipinski definition) is 0. The number of piperidine rings is 7. The number of carbonyl (C=O) groups is 5. The molecule has 0 N–H and O–H groups in total. The lowest BCUT2D eigenvalue weighted by molar-refractivity contribution is -0.293. The van der Waals surface area contributed by atoms with E-state index < -0.39 is 0 Å². The number of unbranched alkanes of at least 4 members (excludes halogenated alkanes) is 13. The van der Waals surface area contributed by atoms with Gasteiger partial charge < -0.3 is 38.4 Å². The van der Waals surface area contributed by atoms with Crippen molar-refractivity contribution in [3.63, 3.8) is 0 Å². The van der Waals surface area contributed by atoms with E-state index in [1.54, 1.807) is 6.92 Å².